The average molecular weight is 1200 g/mol. The number of para-hydroxylation sites is 2. The Balaban J connectivity index is 0.000000230. The summed E-state index contributed by atoms with van der Waals surface area (Å²) in [6.45, 7) is 27.5. The zero-order valence-electron chi connectivity index (χ0n) is 50.8. The largest absolute Gasteiger partial charge is 0.457 e. The third-order valence-electron chi connectivity index (χ3n) is 12.5. The summed E-state index contributed by atoms with van der Waals surface area (Å²) in [4.78, 5) is 58.4. The predicted octanol–water partition coefficient (Wildman–Crippen LogP) is 12.1. The molecule has 0 fully saturated rings. The maximum Gasteiger partial charge on any atom is 0.300 e. The molecule has 6 aromatic carbocycles. The summed E-state index contributed by atoms with van der Waals surface area (Å²) < 4.78 is 15.7. The van der Waals surface area contributed by atoms with Crippen LogP contribution in [0.25, 0.3) is 71.5 Å². The van der Waals surface area contributed by atoms with Crippen LogP contribution in [0.15, 0.2) is 188 Å². The smallest absolute Gasteiger partial charge is 0.300 e. The first-order valence-electron chi connectivity index (χ1n) is 28.3. The molecule has 9 N–H and O–H groups in total. The number of carbonyl (C=O) groups is 3. The number of amides is 2. The van der Waals surface area contributed by atoms with Crippen LogP contribution in [0, 0.1) is 13.1 Å². The molecule has 0 aliphatic heterocycles. The molecule has 10 aromatic rings. The fraction of sp³-hybridized carbons (Fsp3) is 0.203. The molecule has 89 heavy (non-hydrogen) atoms. The average Bonchev–Trinajstić information content (AvgIpc) is 1.81. The summed E-state index contributed by atoms with van der Waals surface area (Å²) in [6.07, 6.45) is 8.94. The number of nitrogens with two attached hydrogens (primary N) is 2. The molecule has 0 unspecified atom stereocenters. The summed E-state index contributed by atoms with van der Waals surface area (Å²) in [6, 6.07) is 49.4. The minimum atomic E-state index is -0.853. The summed E-state index contributed by atoms with van der Waals surface area (Å²) in [5.41, 5.74) is 18.7. The van der Waals surface area contributed by atoms with Crippen LogP contribution in [-0.4, -0.2) is 99.4 Å². The normalized spacial score (nSPS) is 10.9. The number of hydrogen-bond donors (Lipinski definition) is 7. The summed E-state index contributed by atoms with van der Waals surface area (Å²) in [5, 5.41) is 32.9. The van der Waals surface area contributed by atoms with Crippen molar-refractivity contribution < 1.29 is 39.2 Å². The van der Waals surface area contributed by atoms with Crippen molar-refractivity contribution in [1.29, 1.82) is 0 Å². The molecule has 0 aliphatic rings. The molecule has 4 aromatic heterocycles. The van der Waals surface area contributed by atoms with Crippen LogP contribution in [0.5, 0.6) is 23.0 Å². The van der Waals surface area contributed by atoms with Crippen LogP contribution >= 0.6 is 0 Å². The SMILES string of the molecule is CC.CC(C)O.Nc1ncnc2c1c(-c1ccc(Oc3ccccc3)cc1)cn2-c1cccc(C=O)c1.[C-]#[N+]/C(=C\c1cccc(-n2cc(-c3ccc(Oc4ccccc4)cc3)c3c(N)ncnc32)c1)C(=O)NC(C)(C)CO.[C-]#[N+]CC(=O)NC(C)(C)CO. The van der Waals surface area contributed by atoms with Crippen LogP contribution < -0.4 is 31.6 Å². The maximum atomic E-state index is 12.7. The van der Waals surface area contributed by atoms with Crippen LogP contribution in [-0.2, 0) is 9.59 Å². The molecule has 20 nitrogen and oxygen atoms in total. The monoisotopic (exact) mass is 1200 g/mol. The Hall–Kier alpha value is -11.0. The minimum absolute atomic E-state index is 0.0916. The highest BCUT2D eigenvalue weighted by Gasteiger charge is 2.23. The van der Waals surface area contributed by atoms with Crippen molar-refractivity contribution in [3.8, 4) is 56.6 Å². The number of aromatic nitrogens is 6. The van der Waals surface area contributed by atoms with Gasteiger partial charge in [-0.2, -0.15) is 0 Å². The number of carbonyl (C=O) groups excluding carboxylic acids is 3. The van der Waals surface area contributed by atoms with E-state index in [-0.39, 0.29) is 37.5 Å². The van der Waals surface area contributed by atoms with E-state index >= 15 is 0 Å². The van der Waals surface area contributed by atoms with Gasteiger partial charge in [-0.1, -0.05) is 98.8 Å². The number of ether oxygens (including phenoxy) is 2. The Bertz CT molecular complexity index is 4090. The van der Waals surface area contributed by atoms with Crippen LogP contribution in [0.3, 0.4) is 0 Å². The topological polar surface area (TPSA) is 277 Å². The highest BCUT2D eigenvalue weighted by molar-refractivity contribution is 6.03. The first kappa shape index (κ1) is 67.1. The van der Waals surface area contributed by atoms with E-state index in [0.29, 0.717) is 45.2 Å². The molecular formula is C69H72N12O8. The van der Waals surface area contributed by atoms with E-state index in [0.717, 1.165) is 62.5 Å². The Kier molecular flexibility index (Phi) is 24.1. The van der Waals surface area contributed by atoms with E-state index in [2.05, 4.69) is 40.3 Å². The van der Waals surface area contributed by atoms with Gasteiger partial charge in [-0.15, -0.1) is 0 Å². The number of nitrogens with zero attached hydrogens (tertiary/aromatic N) is 8. The highest BCUT2D eigenvalue weighted by Crippen LogP contribution is 2.38. The number of nitrogens with one attached hydrogen (secondary N) is 2. The lowest BCUT2D eigenvalue weighted by atomic mass is 10.1. The molecular weight excluding hydrogens is 1120 g/mol. The second-order valence-electron chi connectivity index (χ2n) is 21.1. The third-order valence-corrected chi connectivity index (χ3v) is 12.5. The van der Waals surface area contributed by atoms with Crippen molar-refractivity contribution in [1.82, 2.24) is 39.7 Å². The molecule has 0 spiro atoms. The lowest BCUT2D eigenvalue weighted by molar-refractivity contribution is -0.121. The van der Waals surface area contributed by atoms with Gasteiger partial charge in [-0.05, 0) is 137 Å². The second-order valence-corrected chi connectivity index (χ2v) is 21.1. The first-order chi connectivity index (χ1) is 42.7. The molecule has 0 radical (unpaired) electrons. The molecule has 0 saturated heterocycles. The number of aliphatic hydroxyl groups excluding tert-OH is 3. The van der Waals surface area contributed by atoms with Crippen LogP contribution in [0.1, 0.15) is 71.3 Å². The van der Waals surface area contributed by atoms with Gasteiger partial charge in [0.05, 0.1) is 41.6 Å². The Morgan fingerprint density at radius 3 is 1.42 bits per heavy atom. The van der Waals surface area contributed by atoms with Gasteiger partial charge in [0.15, 0.2) is 11.3 Å². The quantitative estimate of drug-likeness (QED) is 0.0269. The van der Waals surface area contributed by atoms with Crippen molar-refractivity contribution >= 4 is 57.9 Å². The number of benzene rings is 6. The number of rotatable bonds is 16. The molecule has 4 heterocycles. The molecule has 0 bridgehead atoms. The maximum absolute atomic E-state index is 12.7. The van der Waals surface area contributed by atoms with E-state index in [1.54, 1.807) is 53.7 Å². The number of hydrogen-bond acceptors (Lipinski definition) is 14. The first-order valence-corrected chi connectivity index (χ1v) is 28.3. The fourth-order valence-electron chi connectivity index (χ4n) is 8.41. The number of nitrogen functional groups attached to an aromatic ring is 2. The second kappa shape index (κ2) is 31.9. The molecule has 0 aliphatic carbocycles. The Morgan fingerprint density at radius 1 is 0.607 bits per heavy atom. The molecule has 2 amide bonds. The van der Waals surface area contributed by atoms with Crippen molar-refractivity contribution in [3.63, 3.8) is 0 Å². The molecule has 20 heteroatoms. The zero-order chi connectivity index (χ0) is 64.7. The summed E-state index contributed by atoms with van der Waals surface area (Å²) >= 11 is 0. The number of aliphatic hydroxyl groups is 3. The lowest BCUT2D eigenvalue weighted by Crippen LogP contribution is -2.47. The fourth-order valence-corrected chi connectivity index (χ4v) is 8.41. The third kappa shape index (κ3) is 18.7. The van der Waals surface area contributed by atoms with Crippen molar-refractivity contribution in [2.75, 3.05) is 31.2 Å². The zero-order valence-corrected chi connectivity index (χ0v) is 50.8. The highest BCUT2D eigenvalue weighted by atomic mass is 16.5. The molecule has 0 atom stereocenters. The van der Waals surface area contributed by atoms with Crippen molar-refractivity contribution in [3.05, 3.63) is 222 Å². The summed E-state index contributed by atoms with van der Waals surface area (Å²) in [7, 11) is 0. The minimum Gasteiger partial charge on any atom is -0.457 e. The van der Waals surface area contributed by atoms with Gasteiger partial charge >= 0.3 is 5.91 Å². The van der Waals surface area contributed by atoms with E-state index in [9.17, 15) is 19.5 Å². The van der Waals surface area contributed by atoms with E-state index in [1.807, 2.05) is 181 Å². The molecule has 10 rings (SSSR count). The van der Waals surface area contributed by atoms with E-state index in [1.165, 1.54) is 18.7 Å². The number of fused-ring (bicyclic) bond motifs is 2. The van der Waals surface area contributed by atoms with Crippen LogP contribution in [0.4, 0.5) is 11.6 Å². The van der Waals surface area contributed by atoms with Gasteiger partial charge in [0, 0.05) is 46.6 Å². The van der Waals surface area contributed by atoms with Gasteiger partial charge in [-0.3, -0.25) is 14.4 Å². The standard InChI is InChI=1S/C32H28N6O3.C25H18N4O2.C7H12N2O2.C3H8O.C2H6/c1-32(2,19-39)37-31(40)27(34-3)17-21-8-7-9-23(16-21)38-18-26(28-29(33)35-20-36-30(28)38)22-12-14-25(15-13-22)41-24-10-5-4-6-11-24;26-24-23-22(18-9-11-21(12-10-18)31-20-7-2-1-3-8-20)14-29(25(23)28-16-27-24)19-6-4-5-17(13-19)15-30;1-7(2,5-10)9-6(11)4-8-3;1-3(2)4;1-2/h4-18,20,39H,19H2,1-2H3,(H,37,40)(H2,33,35,36);1-16H,(H2,26,27,28);10H,4-5H2,1-2H3,(H,9,11);3-4H,1-2H3;1-2H3/b27-17-;;;;. The van der Waals surface area contributed by atoms with Gasteiger partial charge in [0.2, 0.25) is 0 Å². The van der Waals surface area contributed by atoms with E-state index < -0.39 is 17.0 Å². The molecule has 456 valence electrons. The van der Waals surface area contributed by atoms with Crippen molar-refractivity contribution in [2.24, 2.45) is 0 Å². The number of anilines is 2. The Morgan fingerprint density at radius 2 is 1.01 bits per heavy atom. The van der Waals surface area contributed by atoms with Gasteiger partial charge in [-0.25, -0.2) is 31.4 Å². The predicted molar refractivity (Wildman–Crippen MR) is 349 cm³/mol. The molecule has 0 saturated carbocycles. The van der Waals surface area contributed by atoms with E-state index in [4.69, 9.17) is 44.3 Å². The van der Waals surface area contributed by atoms with Gasteiger partial charge in [0.1, 0.15) is 53.6 Å². The van der Waals surface area contributed by atoms with Crippen molar-refractivity contribution in [2.45, 2.75) is 72.6 Å². The van der Waals surface area contributed by atoms with Gasteiger partial charge < -0.3 is 60.9 Å². The summed E-state index contributed by atoms with van der Waals surface area (Å²) in [5.74, 6) is 2.81. The van der Waals surface area contributed by atoms with Crippen LogP contribution in [0.2, 0.25) is 0 Å². The lowest BCUT2D eigenvalue weighted by Gasteiger charge is -2.23. The Labute approximate surface area is 517 Å². The van der Waals surface area contributed by atoms with Gasteiger partial charge in [0.25, 0.3) is 18.1 Å². The number of aldehydes is 1.